The molecule has 0 saturated carbocycles. The third-order valence-electron chi connectivity index (χ3n) is 2.19. The van der Waals surface area contributed by atoms with Gasteiger partial charge >= 0.3 is 5.97 Å². The zero-order valence-corrected chi connectivity index (χ0v) is 9.95. The Kier molecular flexibility index (Phi) is 3.47. The zero-order valence-electron chi connectivity index (χ0n) is 9.13. The molecule has 2 aromatic rings. The predicted octanol–water partition coefficient (Wildman–Crippen LogP) is 2.65. The number of pyridine rings is 1. The summed E-state index contributed by atoms with van der Waals surface area (Å²) in [7, 11) is 0. The van der Waals surface area contributed by atoms with Crippen LogP contribution in [0.1, 0.15) is 10.4 Å². The van der Waals surface area contributed by atoms with Gasteiger partial charge < -0.3 is 10.8 Å². The average molecular weight is 264 g/mol. The minimum atomic E-state index is -1.11. The first-order chi connectivity index (χ1) is 8.58. The Morgan fingerprint density at radius 3 is 2.83 bits per heavy atom. The third-order valence-corrected chi connectivity index (χ3v) is 3.20. The van der Waals surface area contributed by atoms with Crippen LogP contribution in [0.5, 0.6) is 0 Å². The van der Waals surface area contributed by atoms with Crippen molar-refractivity contribution in [2.24, 2.45) is 0 Å². The quantitative estimate of drug-likeness (QED) is 0.891. The first kappa shape index (κ1) is 12.4. The fourth-order valence-electron chi connectivity index (χ4n) is 1.36. The molecule has 0 spiro atoms. The van der Waals surface area contributed by atoms with Crippen LogP contribution in [-0.2, 0) is 0 Å². The van der Waals surface area contributed by atoms with E-state index in [9.17, 15) is 9.18 Å². The van der Waals surface area contributed by atoms with Crippen LogP contribution in [0, 0.1) is 5.82 Å². The summed E-state index contributed by atoms with van der Waals surface area (Å²) in [5.74, 6) is -1.48. The molecule has 0 radical (unpaired) electrons. The van der Waals surface area contributed by atoms with Crippen molar-refractivity contribution < 1.29 is 14.3 Å². The number of rotatable bonds is 3. The van der Waals surface area contributed by atoms with E-state index in [1.165, 1.54) is 24.4 Å². The number of aromatic nitrogens is 1. The van der Waals surface area contributed by atoms with E-state index in [4.69, 9.17) is 10.8 Å². The van der Waals surface area contributed by atoms with Crippen molar-refractivity contribution in [2.75, 3.05) is 5.73 Å². The molecule has 0 saturated heterocycles. The highest BCUT2D eigenvalue weighted by atomic mass is 32.2. The lowest BCUT2D eigenvalue weighted by atomic mass is 10.2. The van der Waals surface area contributed by atoms with E-state index in [1.54, 1.807) is 12.1 Å². The van der Waals surface area contributed by atoms with Crippen molar-refractivity contribution in [3.8, 4) is 0 Å². The zero-order chi connectivity index (χ0) is 13.1. The van der Waals surface area contributed by atoms with Gasteiger partial charge in [-0.3, -0.25) is 0 Å². The average Bonchev–Trinajstić information content (AvgIpc) is 2.31. The van der Waals surface area contributed by atoms with Gasteiger partial charge in [0.05, 0.1) is 11.3 Å². The van der Waals surface area contributed by atoms with Gasteiger partial charge in [-0.25, -0.2) is 14.2 Å². The lowest BCUT2D eigenvalue weighted by Gasteiger charge is -2.06. The molecule has 0 aliphatic rings. The second-order valence-corrected chi connectivity index (χ2v) is 4.50. The fourth-order valence-corrected chi connectivity index (χ4v) is 2.24. The van der Waals surface area contributed by atoms with Gasteiger partial charge in [-0.2, -0.15) is 0 Å². The van der Waals surface area contributed by atoms with Crippen molar-refractivity contribution in [2.45, 2.75) is 9.92 Å². The second-order valence-electron chi connectivity index (χ2n) is 3.44. The summed E-state index contributed by atoms with van der Waals surface area (Å²) < 4.78 is 13.0. The number of hydrogen-bond acceptors (Lipinski definition) is 4. The summed E-state index contributed by atoms with van der Waals surface area (Å²) in [6.45, 7) is 0. The first-order valence-corrected chi connectivity index (χ1v) is 5.81. The standard InChI is InChI=1S/C12H9FN2O2S/c13-7-2-1-3-8(6-7)18-11-10(14)9(12(16)17)4-5-15-11/h1-6H,14H2,(H,16,17). The maximum Gasteiger partial charge on any atom is 0.337 e. The summed E-state index contributed by atoms with van der Waals surface area (Å²) >= 11 is 1.12. The van der Waals surface area contributed by atoms with Gasteiger partial charge in [0.2, 0.25) is 0 Å². The van der Waals surface area contributed by atoms with Crippen molar-refractivity contribution in [3.63, 3.8) is 0 Å². The third kappa shape index (κ3) is 2.60. The molecule has 92 valence electrons. The van der Waals surface area contributed by atoms with Crippen LogP contribution in [0.2, 0.25) is 0 Å². The van der Waals surface area contributed by atoms with E-state index in [2.05, 4.69) is 4.98 Å². The number of carboxylic acid groups (broad SMARTS) is 1. The molecular formula is C12H9FN2O2S. The smallest absolute Gasteiger partial charge is 0.337 e. The Morgan fingerprint density at radius 1 is 1.39 bits per heavy atom. The molecule has 18 heavy (non-hydrogen) atoms. The molecule has 0 atom stereocenters. The molecule has 0 unspecified atom stereocenters. The molecule has 0 aliphatic heterocycles. The SMILES string of the molecule is Nc1c(C(=O)O)ccnc1Sc1cccc(F)c1. The molecule has 0 fully saturated rings. The van der Waals surface area contributed by atoms with E-state index in [0.717, 1.165) is 11.8 Å². The van der Waals surface area contributed by atoms with Gasteiger partial charge in [0.25, 0.3) is 0 Å². The number of carboxylic acids is 1. The Morgan fingerprint density at radius 2 is 2.17 bits per heavy atom. The Labute approximate surface area is 107 Å². The molecule has 1 aromatic carbocycles. The molecular weight excluding hydrogens is 255 g/mol. The van der Waals surface area contributed by atoms with Gasteiger partial charge in [0.15, 0.2) is 0 Å². The van der Waals surface area contributed by atoms with Crippen molar-refractivity contribution in [1.82, 2.24) is 4.98 Å². The monoisotopic (exact) mass is 264 g/mol. The Bertz CT molecular complexity index is 604. The van der Waals surface area contributed by atoms with Crippen molar-refractivity contribution in [1.29, 1.82) is 0 Å². The number of carbonyl (C=O) groups is 1. The molecule has 1 aromatic heterocycles. The molecule has 0 amide bonds. The number of anilines is 1. The number of nitrogens with two attached hydrogens (primary N) is 1. The summed E-state index contributed by atoms with van der Waals surface area (Å²) in [5, 5.41) is 9.27. The van der Waals surface area contributed by atoms with Crippen LogP contribution in [-0.4, -0.2) is 16.1 Å². The van der Waals surface area contributed by atoms with E-state index < -0.39 is 5.97 Å². The predicted molar refractivity (Wildman–Crippen MR) is 66.1 cm³/mol. The molecule has 6 heteroatoms. The van der Waals surface area contributed by atoms with E-state index >= 15 is 0 Å². The minimum absolute atomic E-state index is 0.0103. The Balaban J connectivity index is 2.35. The van der Waals surface area contributed by atoms with Gasteiger partial charge in [-0.15, -0.1) is 0 Å². The van der Waals surface area contributed by atoms with Gasteiger partial charge in [-0.05, 0) is 24.3 Å². The molecule has 0 bridgehead atoms. The summed E-state index contributed by atoms with van der Waals surface area (Å²) in [5.41, 5.74) is 5.78. The summed E-state index contributed by atoms with van der Waals surface area (Å²) in [6.07, 6.45) is 1.36. The van der Waals surface area contributed by atoms with Crippen LogP contribution in [0.4, 0.5) is 10.1 Å². The van der Waals surface area contributed by atoms with Gasteiger partial charge in [0, 0.05) is 11.1 Å². The first-order valence-electron chi connectivity index (χ1n) is 4.99. The van der Waals surface area contributed by atoms with Crippen LogP contribution in [0.15, 0.2) is 46.5 Å². The van der Waals surface area contributed by atoms with E-state index in [-0.39, 0.29) is 17.1 Å². The van der Waals surface area contributed by atoms with E-state index in [1.807, 2.05) is 0 Å². The highest BCUT2D eigenvalue weighted by Crippen LogP contribution is 2.31. The topological polar surface area (TPSA) is 76.2 Å². The summed E-state index contributed by atoms with van der Waals surface area (Å²) in [4.78, 5) is 15.5. The molecule has 1 heterocycles. The van der Waals surface area contributed by atoms with Gasteiger partial charge in [0.1, 0.15) is 10.8 Å². The highest BCUT2D eigenvalue weighted by Gasteiger charge is 2.13. The minimum Gasteiger partial charge on any atom is -0.478 e. The number of nitrogen functional groups attached to an aromatic ring is 1. The number of halogens is 1. The highest BCUT2D eigenvalue weighted by molar-refractivity contribution is 7.99. The number of aromatic carboxylic acids is 1. The molecule has 0 aliphatic carbocycles. The molecule has 2 rings (SSSR count). The van der Waals surface area contributed by atoms with Crippen molar-refractivity contribution in [3.05, 3.63) is 47.9 Å². The van der Waals surface area contributed by atoms with E-state index in [0.29, 0.717) is 9.92 Å². The summed E-state index contributed by atoms with van der Waals surface area (Å²) in [6, 6.07) is 7.25. The maximum atomic E-state index is 13.0. The fraction of sp³-hybridized carbons (Fsp3) is 0. The maximum absolute atomic E-state index is 13.0. The van der Waals surface area contributed by atoms with Crippen LogP contribution >= 0.6 is 11.8 Å². The Hall–Kier alpha value is -2.08. The lowest BCUT2D eigenvalue weighted by molar-refractivity contribution is 0.0697. The number of benzene rings is 1. The van der Waals surface area contributed by atoms with Crippen LogP contribution in [0.25, 0.3) is 0 Å². The molecule has 3 N–H and O–H groups in total. The van der Waals surface area contributed by atoms with Crippen LogP contribution < -0.4 is 5.73 Å². The normalized spacial score (nSPS) is 10.3. The number of nitrogens with zero attached hydrogens (tertiary/aromatic N) is 1. The molecule has 4 nitrogen and oxygen atoms in total. The number of hydrogen-bond donors (Lipinski definition) is 2. The largest absolute Gasteiger partial charge is 0.478 e. The van der Waals surface area contributed by atoms with Crippen molar-refractivity contribution >= 4 is 23.4 Å². The second kappa shape index (κ2) is 5.05. The van der Waals surface area contributed by atoms with Gasteiger partial charge in [-0.1, -0.05) is 17.8 Å². The van der Waals surface area contributed by atoms with Crippen LogP contribution in [0.3, 0.4) is 0 Å². The lowest BCUT2D eigenvalue weighted by Crippen LogP contribution is -2.04.